The number of aromatic nitrogens is 2. The Labute approximate surface area is 150 Å². The van der Waals surface area contributed by atoms with Gasteiger partial charge in [0.05, 0.1) is 13.7 Å². The molecule has 7 heteroatoms. The SMILES string of the molecule is COc1cccc(-c2noc(CNC(=O)COc3cccc(C)c3)n2)c1. The zero-order chi connectivity index (χ0) is 18.4. The fourth-order valence-corrected chi connectivity index (χ4v) is 2.29. The van der Waals surface area contributed by atoms with E-state index in [2.05, 4.69) is 15.5 Å². The molecule has 0 aliphatic carbocycles. The van der Waals surface area contributed by atoms with E-state index in [0.29, 0.717) is 23.2 Å². The molecule has 0 unspecified atom stereocenters. The first-order valence-electron chi connectivity index (χ1n) is 8.07. The molecule has 0 saturated heterocycles. The molecule has 1 heterocycles. The molecule has 3 rings (SSSR count). The van der Waals surface area contributed by atoms with Gasteiger partial charge < -0.3 is 19.3 Å². The largest absolute Gasteiger partial charge is 0.497 e. The standard InChI is InChI=1S/C19H19N3O4/c1-13-5-3-8-16(9-13)25-12-17(23)20-11-18-21-19(22-26-18)14-6-4-7-15(10-14)24-2/h3-10H,11-12H2,1-2H3,(H,20,23). The number of amides is 1. The third kappa shape index (κ3) is 4.60. The van der Waals surface area contributed by atoms with Crippen molar-refractivity contribution in [1.29, 1.82) is 0 Å². The number of rotatable bonds is 7. The van der Waals surface area contributed by atoms with E-state index in [0.717, 1.165) is 11.1 Å². The van der Waals surface area contributed by atoms with Gasteiger partial charge in [-0.1, -0.05) is 29.4 Å². The molecule has 0 spiro atoms. The number of carbonyl (C=O) groups excluding carboxylic acids is 1. The van der Waals surface area contributed by atoms with E-state index >= 15 is 0 Å². The first kappa shape index (κ1) is 17.5. The number of ether oxygens (including phenoxy) is 2. The second-order valence-corrected chi connectivity index (χ2v) is 5.63. The number of benzene rings is 2. The molecule has 0 bridgehead atoms. The van der Waals surface area contributed by atoms with Crippen LogP contribution in [-0.2, 0) is 11.3 Å². The maximum absolute atomic E-state index is 11.9. The second-order valence-electron chi connectivity index (χ2n) is 5.63. The summed E-state index contributed by atoms with van der Waals surface area (Å²) in [6.45, 7) is 2.01. The fraction of sp³-hybridized carbons (Fsp3) is 0.211. The predicted octanol–water partition coefficient (Wildman–Crippen LogP) is 2.75. The van der Waals surface area contributed by atoms with E-state index in [1.807, 2.05) is 49.4 Å². The molecular weight excluding hydrogens is 334 g/mol. The molecule has 0 atom stereocenters. The maximum atomic E-state index is 11.9. The minimum Gasteiger partial charge on any atom is -0.497 e. The minimum atomic E-state index is -0.271. The van der Waals surface area contributed by atoms with Crippen molar-refractivity contribution in [2.75, 3.05) is 13.7 Å². The van der Waals surface area contributed by atoms with Gasteiger partial charge in [0.1, 0.15) is 11.5 Å². The predicted molar refractivity (Wildman–Crippen MR) is 94.8 cm³/mol. The molecule has 134 valence electrons. The van der Waals surface area contributed by atoms with Gasteiger partial charge in [0.25, 0.3) is 5.91 Å². The lowest BCUT2D eigenvalue weighted by Crippen LogP contribution is -2.28. The quantitative estimate of drug-likeness (QED) is 0.703. The summed E-state index contributed by atoms with van der Waals surface area (Å²) < 4.78 is 15.8. The van der Waals surface area contributed by atoms with Gasteiger partial charge in [-0.25, -0.2) is 0 Å². The Hall–Kier alpha value is -3.35. The topological polar surface area (TPSA) is 86.5 Å². The van der Waals surface area contributed by atoms with Gasteiger partial charge in [0.2, 0.25) is 11.7 Å². The van der Waals surface area contributed by atoms with E-state index in [-0.39, 0.29) is 19.1 Å². The molecule has 0 aliphatic rings. The molecule has 0 radical (unpaired) electrons. The average Bonchev–Trinajstić information content (AvgIpc) is 3.14. The van der Waals surface area contributed by atoms with Crippen molar-refractivity contribution in [2.45, 2.75) is 13.5 Å². The third-order valence-corrected chi connectivity index (χ3v) is 3.59. The van der Waals surface area contributed by atoms with Crippen molar-refractivity contribution in [2.24, 2.45) is 0 Å². The zero-order valence-corrected chi connectivity index (χ0v) is 14.6. The summed E-state index contributed by atoms with van der Waals surface area (Å²) in [4.78, 5) is 16.2. The molecule has 1 N–H and O–H groups in total. The van der Waals surface area contributed by atoms with Crippen LogP contribution in [0.1, 0.15) is 11.5 Å². The van der Waals surface area contributed by atoms with E-state index in [1.54, 1.807) is 13.2 Å². The molecule has 1 amide bonds. The van der Waals surface area contributed by atoms with E-state index < -0.39 is 0 Å². The first-order valence-corrected chi connectivity index (χ1v) is 8.07. The highest BCUT2D eigenvalue weighted by atomic mass is 16.5. The maximum Gasteiger partial charge on any atom is 0.258 e. The number of carbonyl (C=O) groups is 1. The van der Waals surface area contributed by atoms with Gasteiger partial charge in [0.15, 0.2) is 6.61 Å². The van der Waals surface area contributed by atoms with Crippen molar-refractivity contribution in [3.63, 3.8) is 0 Å². The van der Waals surface area contributed by atoms with E-state index in [1.165, 1.54) is 0 Å². The number of aryl methyl sites for hydroxylation is 1. The van der Waals surface area contributed by atoms with Gasteiger partial charge in [-0.3, -0.25) is 4.79 Å². The van der Waals surface area contributed by atoms with Crippen molar-refractivity contribution in [1.82, 2.24) is 15.5 Å². The number of hydrogen-bond donors (Lipinski definition) is 1. The van der Waals surface area contributed by atoms with Crippen molar-refractivity contribution >= 4 is 5.91 Å². The molecule has 26 heavy (non-hydrogen) atoms. The molecule has 0 aliphatic heterocycles. The molecule has 3 aromatic rings. The number of nitrogens with one attached hydrogen (secondary N) is 1. The van der Waals surface area contributed by atoms with Gasteiger partial charge in [0, 0.05) is 5.56 Å². The van der Waals surface area contributed by atoms with Crippen LogP contribution in [0, 0.1) is 6.92 Å². The number of hydrogen-bond acceptors (Lipinski definition) is 6. The van der Waals surface area contributed by atoms with Crippen LogP contribution < -0.4 is 14.8 Å². The number of nitrogens with zero attached hydrogens (tertiary/aromatic N) is 2. The smallest absolute Gasteiger partial charge is 0.258 e. The lowest BCUT2D eigenvalue weighted by molar-refractivity contribution is -0.123. The highest BCUT2D eigenvalue weighted by molar-refractivity contribution is 5.77. The third-order valence-electron chi connectivity index (χ3n) is 3.59. The lowest BCUT2D eigenvalue weighted by Gasteiger charge is -2.06. The molecule has 0 saturated carbocycles. The molecule has 2 aromatic carbocycles. The molecule has 0 fully saturated rings. The molecule has 1 aromatic heterocycles. The summed E-state index contributed by atoms with van der Waals surface area (Å²) in [6, 6.07) is 14.8. The van der Waals surface area contributed by atoms with Crippen molar-refractivity contribution < 1.29 is 18.8 Å². The Bertz CT molecular complexity index is 892. The van der Waals surface area contributed by atoms with Crippen LogP contribution in [0.2, 0.25) is 0 Å². The Morgan fingerprint density at radius 1 is 1.15 bits per heavy atom. The monoisotopic (exact) mass is 353 g/mol. The fourth-order valence-electron chi connectivity index (χ4n) is 2.29. The van der Waals surface area contributed by atoms with Crippen molar-refractivity contribution in [3.8, 4) is 22.9 Å². The van der Waals surface area contributed by atoms with Crippen LogP contribution in [0.15, 0.2) is 53.1 Å². The summed E-state index contributed by atoms with van der Waals surface area (Å²) in [5.41, 5.74) is 1.84. The van der Waals surface area contributed by atoms with Gasteiger partial charge in [-0.05, 0) is 36.8 Å². The normalized spacial score (nSPS) is 10.4. The Balaban J connectivity index is 1.52. The summed E-state index contributed by atoms with van der Waals surface area (Å²) in [6.07, 6.45) is 0. The summed E-state index contributed by atoms with van der Waals surface area (Å²) in [5, 5.41) is 6.61. The Kier molecular flexibility index (Phi) is 5.48. The van der Waals surface area contributed by atoms with E-state index in [9.17, 15) is 4.79 Å². The first-order chi connectivity index (χ1) is 12.6. The van der Waals surface area contributed by atoms with E-state index in [4.69, 9.17) is 14.0 Å². The van der Waals surface area contributed by atoms with Gasteiger partial charge in [-0.15, -0.1) is 0 Å². The number of methoxy groups -OCH3 is 1. The lowest BCUT2D eigenvalue weighted by atomic mass is 10.2. The van der Waals surface area contributed by atoms with Crippen LogP contribution in [0.4, 0.5) is 0 Å². The van der Waals surface area contributed by atoms with Crippen LogP contribution >= 0.6 is 0 Å². The van der Waals surface area contributed by atoms with Crippen LogP contribution in [0.5, 0.6) is 11.5 Å². The van der Waals surface area contributed by atoms with Gasteiger partial charge in [-0.2, -0.15) is 4.98 Å². The van der Waals surface area contributed by atoms with Crippen LogP contribution in [0.25, 0.3) is 11.4 Å². The Morgan fingerprint density at radius 2 is 1.96 bits per heavy atom. The minimum absolute atomic E-state index is 0.0830. The molecular formula is C19H19N3O4. The average molecular weight is 353 g/mol. The summed E-state index contributed by atoms with van der Waals surface area (Å²) in [5.74, 6) is 1.83. The highest BCUT2D eigenvalue weighted by Gasteiger charge is 2.11. The Morgan fingerprint density at radius 3 is 2.77 bits per heavy atom. The molecule has 7 nitrogen and oxygen atoms in total. The van der Waals surface area contributed by atoms with Crippen LogP contribution in [0.3, 0.4) is 0 Å². The summed E-state index contributed by atoms with van der Waals surface area (Å²) >= 11 is 0. The highest BCUT2D eigenvalue weighted by Crippen LogP contribution is 2.21. The second kappa shape index (κ2) is 8.15. The van der Waals surface area contributed by atoms with Crippen molar-refractivity contribution in [3.05, 3.63) is 60.0 Å². The zero-order valence-electron chi connectivity index (χ0n) is 14.6. The van der Waals surface area contributed by atoms with Gasteiger partial charge >= 0.3 is 0 Å². The van der Waals surface area contributed by atoms with Crippen LogP contribution in [-0.4, -0.2) is 29.8 Å². The summed E-state index contributed by atoms with van der Waals surface area (Å²) in [7, 11) is 1.59.